The SMILES string of the molecule is COc1ccc(C(=O)Oc2c(C)cc(C)cc2C)cc1OC. The van der Waals surface area contributed by atoms with E-state index in [1.807, 2.05) is 32.9 Å². The summed E-state index contributed by atoms with van der Waals surface area (Å²) in [6.45, 7) is 5.87. The Kier molecular flexibility index (Phi) is 4.71. The second kappa shape index (κ2) is 6.52. The molecule has 0 fully saturated rings. The first kappa shape index (κ1) is 15.9. The summed E-state index contributed by atoms with van der Waals surface area (Å²) in [6, 6.07) is 8.93. The van der Waals surface area contributed by atoms with Crippen molar-refractivity contribution in [2.75, 3.05) is 14.2 Å². The average Bonchev–Trinajstić information content (AvgIpc) is 2.49. The Morgan fingerprint density at radius 1 is 0.864 bits per heavy atom. The molecule has 0 saturated heterocycles. The van der Waals surface area contributed by atoms with E-state index in [2.05, 4.69) is 0 Å². The second-order valence-corrected chi connectivity index (χ2v) is 5.19. The average molecular weight is 300 g/mol. The summed E-state index contributed by atoms with van der Waals surface area (Å²) in [4.78, 5) is 12.4. The van der Waals surface area contributed by atoms with Crippen molar-refractivity contribution < 1.29 is 19.0 Å². The molecule has 0 radical (unpaired) electrons. The smallest absolute Gasteiger partial charge is 0.343 e. The van der Waals surface area contributed by atoms with Crippen LogP contribution in [0.25, 0.3) is 0 Å². The van der Waals surface area contributed by atoms with E-state index in [0.717, 1.165) is 16.7 Å². The molecule has 22 heavy (non-hydrogen) atoms. The summed E-state index contributed by atoms with van der Waals surface area (Å²) in [5.74, 6) is 1.25. The Balaban J connectivity index is 2.30. The number of hydrogen-bond acceptors (Lipinski definition) is 4. The number of methoxy groups -OCH3 is 2. The normalized spacial score (nSPS) is 10.2. The largest absolute Gasteiger partial charge is 0.493 e. The maximum absolute atomic E-state index is 12.4. The topological polar surface area (TPSA) is 44.8 Å². The highest BCUT2D eigenvalue weighted by Gasteiger charge is 2.15. The summed E-state index contributed by atoms with van der Waals surface area (Å²) < 4.78 is 15.9. The summed E-state index contributed by atoms with van der Waals surface area (Å²) in [5.41, 5.74) is 3.43. The molecule has 0 atom stereocenters. The third-order valence-corrected chi connectivity index (χ3v) is 3.42. The lowest BCUT2D eigenvalue weighted by molar-refractivity contribution is 0.0732. The fourth-order valence-electron chi connectivity index (χ4n) is 2.44. The van der Waals surface area contributed by atoms with E-state index in [1.54, 1.807) is 25.3 Å². The molecule has 0 N–H and O–H groups in total. The lowest BCUT2D eigenvalue weighted by Crippen LogP contribution is -2.10. The molecule has 0 aromatic heterocycles. The number of rotatable bonds is 4. The van der Waals surface area contributed by atoms with Crippen LogP contribution in [0.15, 0.2) is 30.3 Å². The molecule has 0 bridgehead atoms. The highest BCUT2D eigenvalue weighted by molar-refractivity contribution is 5.92. The zero-order valence-electron chi connectivity index (χ0n) is 13.5. The van der Waals surface area contributed by atoms with Crippen molar-refractivity contribution in [1.29, 1.82) is 0 Å². The molecule has 0 aliphatic heterocycles. The van der Waals surface area contributed by atoms with Crippen molar-refractivity contribution >= 4 is 5.97 Å². The minimum Gasteiger partial charge on any atom is -0.493 e. The van der Waals surface area contributed by atoms with E-state index in [-0.39, 0.29) is 0 Å². The number of carbonyl (C=O) groups excluding carboxylic acids is 1. The van der Waals surface area contributed by atoms with Crippen LogP contribution in [0, 0.1) is 20.8 Å². The van der Waals surface area contributed by atoms with Gasteiger partial charge < -0.3 is 14.2 Å². The van der Waals surface area contributed by atoms with Crippen molar-refractivity contribution in [3.05, 3.63) is 52.6 Å². The second-order valence-electron chi connectivity index (χ2n) is 5.19. The van der Waals surface area contributed by atoms with Gasteiger partial charge in [-0.3, -0.25) is 0 Å². The molecule has 2 aromatic carbocycles. The van der Waals surface area contributed by atoms with Gasteiger partial charge in [-0.05, 0) is 50.1 Å². The monoisotopic (exact) mass is 300 g/mol. The van der Waals surface area contributed by atoms with E-state index >= 15 is 0 Å². The first-order chi connectivity index (χ1) is 10.5. The lowest BCUT2D eigenvalue weighted by atomic mass is 10.1. The molecule has 0 amide bonds. The van der Waals surface area contributed by atoms with Gasteiger partial charge in [-0.2, -0.15) is 0 Å². The molecule has 4 heteroatoms. The highest BCUT2D eigenvalue weighted by Crippen LogP contribution is 2.29. The van der Waals surface area contributed by atoms with Crippen LogP contribution in [0.4, 0.5) is 0 Å². The summed E-state index contributed by atoms with van der Waals surface area (Å²) in [5, 5.41) is 0. The van der Waals surface area contributed by atoms with Crippen molar-refractivity contribution in [3.8, 4) is 17.2 Å². The highest BCUT2D eigenvalue weighted by atomic mass is 16.5. The predicted molar refractivity (Wildman–Crippen MR) is 85.2 cm³/mol. The minimum atomic E-state index is -0.420. The lowest BCUT2D eigenvalue weighted by Gasteiger charge is -2.13. The van der Waals surface area contributed by atoms with Crippen LogP contribution >= 0.6 is 0 Å². The molecule has 116 valence electrons. The van der Waals surface area contributed by atoms with E-state index in [0.29, 0.717) is 22.8 Å². The molecule has 0 saturated carbocycles. The molecule has 0 aliphatic rings. The van der Waals surface area contributed by atoms with Gasteiger partial charge in [0.1, 0.15) is 5.75 Å². The van der Waals surface area contributed by atoms with Crippen molar-refractivity contribution in [1.82, 2.24) is 0 Å². The molecular formula is C18H20O4. The first-order valence-corrected chi connectivity index (χ1v) is 6.98. The quantitative estimate of drug-likeness (QED) is 0.635. The number of aryl methyl sites for hydroxylation is 3. The van der Waals surface area contributed by atoms with Gasteiger partial charge >= 0.3 is 5.97 Å². The van der Waals surface area contributed by atoms with Crippen LogP contribution < -0.4 is 14.2 Å². The van der Waals surface area contributed by atoms with Gasteiger partial charge in [0.15, 0.2) is 11.5 Å². The first-order valence-electron chi connectivity index (χ1n) is 6.98. The molecule has 2 rings (SSSR count). The van der Waals surface area contributed by atoms with Crippen LogP contribution in [0.2, 0.25) is 0 Å². The van der Waals surface area contributed by atoms with Gasteiger partial charge in [-0.15, -0.1) is 0 Å². The number of esters is 1. The number of hydrogen-bond donors (Lipinski definition) is 0. The summed E-state index contributed by atoms with van der Waals surface area (Å²) in [6.07, 6.45) is 0. The Bertz CT molecular complexity index is 681. The summed E-state index contributed by atoms with van der Waals surface area (Å²) >= 11 is 0. The van der Waals surface area contributed by atoms with Gasteiger partial charge in [0.25, 0.3) is 0 Å². The third kappa shape index (κ3) is 3.22. The van der Waals surface area contributed by atoms with Crippen molar-refractivity contribution in [2.45, 2.75) is 20.8 Å². The van der Waals surface area contributed by atoms with Crippen LogP contribution in [0.3, 0.4) is 0 Å². The predicted octanol–water partition coefficient (Wildman–Crippen LogP) is 3.85. The Morgan fingerprint density at radius 2 is 1.45 bits per heavy atom. The van der Waals surface area contributed by atoms with E-state index in [1.165, 1.54) is 7.11 Å². The molecule has 0 unspecified atom stereocenters. The van der Waals surface area contributed by atoms with Gasteiger partial charge in [0.05, 0.1) is 19.8 Å². The van der Waals surface area contributed by atoms with E-state index in [4.69, 9.17) is 14.2 Å². The van der Waals surface area contributed by atoms with Gasteiger partial charge in [0.2, 0.25) is 0 Å². The zero-order valence-corrected chi connectivity index (χ0v) is 13.5. The number of ether oxygens (including phenoxy) is 3. The van der Waals surface area contributed by atoms with Crippen LogP contribution in [0.1, 0.15) is 27.0 Å². The molecular weight excluding hydrogens is 280 g/mol. The van der Waals surface area contributed by atoms with Crippen LogP contribution in [-0.2, 0) is 0 Å². The van der Waals surface area contributed by atoms with E-state index < -0.39 is 5.97 Å². The number of benzene rings is 2. The summed E-state index contributed by atoms with van der Waals surface area (Å²) in [7, 11) is 3.08. The molecule has 4 nitrogen and oxygen atoms in total. The molecule has 0 aliphatic carbocycles. The number of carbonyl (C=O) groups is 1. The molecule has 0 spiro atoms. The van der Waals surface area contributed by atoms with Crippen molar-refractivity contribution in [2.24, 2.45) is 0 Å². The Morgan fingerprint density at radius 3 is 2.00 bits per heavy atom. The standard InChI is InChI=1S/C18H20O4/c1-11-8-12(2)17(13(3)9-11)22-18(19)14-6-7-15(20-4)16(10-14)21-5/h6-10H,1-5H3. The van der Waals surface area contributed by atoms with E-state index in [9.17, 15) is 4.79 Å². The van der Waals surface area contributed by atoms with Gasteiger partial charge in [-0.1, -0.05) is 17.7 Å². The molecule has 2 aromatic rings. The van der Waals surface area contributed by atoms with Crippen molar-refractivity contribution in [3.63, 3.8) is 0 Å². The fraction of sp³-hybridized carbons (Fsp3) is 0.278. The van der Waals surface area contributed by atoms with Gasteiger partial charge in [0, 0.05) is 0 Å². The Labute approximate surface area is 130 Å². The zero-order chi connectivity index (χ0) is 16.3. The Hall–Kier alpha value is -2.49. The fourth-order valence-corrected chi connectivity index (χ4v) is 2.44. The maximum Gasteiger partial charge on any atom is 0.343 e. The minimum absolute atomic E-state index is 0.414. The third-order valence-electron chi connectivity index (χ3n) is 3.42. The molecule has 0 heterocycles. The van der Waals surface area contributed by atoms with Crippen LogP contribution in [0.5, 0.6) is 17.2 Å². The van der Waals surface area contributed by atoms with Crippen LogP contribution in [-0.4, -0.2) is 20.2 Å². The maximum atomic E-state index is 12.4. The van der Waals surface area contributed by atoms with Gasteiger partial charge in [-0.25, -0.2) is 4.79 Å².